The summed E-state index contributed by atoms with van der Waals surface area (Å²) in [6.45, 7) is 0.623. The van der Waals surface area contributed by atoms with Crippen LogP contribution < -0.4 is 0 Å². The SMILES string of the molecule is CN(C)CCC1(C(=O)O)CCC(F)(F)CC1. The first-order valence-electron chi connectivity index (χ1n) is 5.53. The highest BCUT2D eigenvalue weighted by Crippen LogP contribution is 2.45. The minimum absolute atomic E-state index is 0.0865. The molecule has 0 radical (unpaired) electrons. The smallest absolute Gasteiger partial charge is 0.309 e. The lowest BCUT2D eigenvalue weighted by atomic mass is 9.70. The van der Waals surface area contributed by atoms with Gasteiger partial charge in [0, 0.05) is 12.8 Å². The largest absolute Gasteiger partial charge is 0.481 e. The zero-order chi connectivity index (χ0) is 12.4. The first kappa shape index (κ1) is 13.4. The summed E-state index contributed by atoms with van der Waals surface area (Å²) in [5.74, 6) is -3.60. The summed E-state index contributed by atoms with van der Waals surface area (Å²) in [5, 5.41) is 9.21. The van der Waals surface area contributed by atoms with Crippen LogP contribution in [0.4, 0.5) is 8.78 Å². The molecule has 0 heterocycles. The van der Waals surface area contributed by atoms with Crippen LogP contribution in [-0.2, 0) is 4.79 Å². The Kier molecular flexibility index (Phi) is 3.88. The van der Waals surface area contributed by atoms with Gasteiger partial charge in [0.25, 0.3) is 0 Å². The van der Waals surface area contributed by atoms with Gasteiger partial charge in [-0.2, -0.15) is 0 Å². The average Bonchev–Trinajstić information content (AvgIpc) is 2.16. The van der Waals surface area contributed by atoms with E-state index in [2.05, 4.69) is 0 Å². The van der Waals surface area contributed by atoms with Crippen molar-refractivity contribution in [3.8, 4) is 0 Å². The van der Waals surface area contributed by atoms with Crippen molar-refractivity contribution in [1.29, 1.82) is 0 Å². The van der Waals surface area contributed by atoms with E-state index >= 15 is 0 Å². The van der Waals surface area contributed by atoms with Crippen LogP contribution >= 0.6 is 0 Å². The normalized spacial score (nSPS) is 23.3. The van der Waals surface area contributed by atoms with Crippen LogP contribution in [0.25, 0.3) is 0 Å². The highest BCUT2D eigenvalue weighted by atomic mass is 19.3. The molecule has 3 nitrogen and oxygen atoms in total. The van der Waals surface area contributed by atoms with E-state index in [1.54, 1.807) is 0 Å². The summed E-state index contributed by atoms with van der Waals surface area (Å²) < 4.78 is 26.0. The van der Waals surface area contributed by atoms with Crippen molar-refractivity contribution in [2.45, 2.75) is 38.0 Å². The van der Waals surface area contributed by atoms with Crippen molar-refractivity contribution in [2.75, 3.05) is 20.6 Å². The maximum Gasteiger partial charge on any atom is 0.309 e. The number of alkyl halides is 2. The zero-order valence-electron chi connectivity index (χ0n) is 9.80. The maximum absolute atomic E-state index is 13.0. The predicted octanol–water partition coefficient (Wildman–Crippen LogP) is 2.22. The summed E-state index contributed by atoms with van der Waals surface area (Å²) in [5.41, 5.74) is -0.939. The third-order valence-electron chi connectivity index (χ3n) is 3.43. The van der Waals surface area contributed by atoms with Gasteiger partial charge in [0.15, 0.2) is 0 Å². The number of halogens is 2. The maximum atomic E-state index is 13.0. The van der Waals surface area contributed by atoms with E-state index in [4.69, 9.17) is 0 Å². The molecule has 1 aliphatic carbocycles. The molecule has 0 amide bonds. The van der Waals surface area contributed by atoms with Crippen LogP contribution in [0, 0.1) is 5.41 Å². The molecule has 0 aliphatic heterocycles. The summed E-state index contributed by atoms with van der Waals surface area (Å²) in [6.07, 6.45) is 0.0250. The molecular weight excluding hydrogens is 216 g/mol. The van der Waals surface area contributed by atoms with E-state index in [-0.39, 0.29) is 25.7 Å². The Morgan fingerprint density at radius 2 is 1.75 bits per heavy atom. The van der Waals surface area contributed by atoms with Gasteiger partial charge in [0.1, 0.15) is 0 Å². The molecule has 0 aromatic carbocycles. The number of carboxylic acid groups (broad SMARTS) is 1. The molecule has 1 saturated carbocycles. The lowest BCUT2D eigenvalue weighted by Crippen LogP contribution is -2.41. The quantitative estimate of drug-likeness (QED) is 0.812. The number of aliphatic carboxylic acids is 1. The van der Waals surface area contributed by atoms with Crippen LogP contribution in [0.3, 0.4) is 0 Å². The summed E-state index contributed by atoms with van der Waals surface area (Å²) in [4.78, 5) is 13.1. The standard InChI is InChI=1S/C11H19F2NO2/c1-14(2)8-7-10(9(15)16)3-5-11(12,13)6-4-10/h3-8H2,1-2H3,(H,15,16). The van der Waals surface area contributed by atoms with E-state index in [1.165, 1.54) is 0 Å². The molecule has 1 rings (SSSR count). The number of hydrogen-bond acceptors (Lipinski definition) is 2. The van der Waals surface area contributed by atoms with Crippen LogP contribution in [0.15, 0.2) is 0 Å². The third-order valence-corrected chi connectivity index (χ3v) is 3.43. The first-order chi connectivity index (χ1) is 7.27. The Morgan fingerprint density at radius 1 is 1.25 bits per heavy atom. The van der Waals surface area contributed by atoms with Crippen molar-refractivity contribution < 1.29 is 18.7 Å². The molecule has 0 unspecified atom stereocenters. The van der Waals surface area contributed by atoms with E-state index in [1.807, 2.05) is 19.0 Å². The van der Waals surface area contributed by atoms with Gasteiger partial charge in [0.2, 0.25) is 5.92 Å². The molecule has 0 aromatic rings. The van der Waals surface area contributed by atoms with Gasteiger partial charge in [-0.25, -0.2) is 8.78 Å². The zero-order valence-corrected chi connectivity index (χ0v) is 9.80. The van der Waals surface area contributed by atoms with Crippen LogP contribution in [0.2, 0.25) is 0 Å². The van der Waals surface area contributed by atoms with Gasteiger partial charge in [-0.05, 0) is 39.9 Å². The van der Waals surface area contributed by atoms with E-state index < -0.39 is 17.3 Å². The Bertz CT molecular complexity index is 251. The van der Waals surface area contributed by atoms with Crippen LogP contribution in [0.1, 0.15) is 32.1 Å². The number of carbonyl (C=O) groups is 1. The van der Waals surface area contributed by atoms with E-state index in [9.17, 15) is 18.7 Å². The Balaban J connectivity index is 2.65. The Labute approximate surface area is 94.4 Å². The highest BCUT2D eigenvalue weighted by molar-refractivity contribution is 5.74. The summed E-state index contributed by atoms with van der Waals surface area (Å²) in [7, 11) is 3.71. The van der Waals surface area contributed by atoms with Gasteiger partial charge >= 0.3 is 5.97 Å². The van der Waals surface area contributed by atoms with Crippen molar-refractivity contribution in [3.05, 3.63) is 0 Å². The molecular formula is C11H19F2NO2. The molecule has 0 bridgehead atoms. The number of nitrogens with zero attached hydrogens (tertiary/aromatic N) is 1. The third kappa shape index (κ3) is 3.14. The lowest BCUT2D eigenvalue weighted by molar-refractivity contribution is -0.157. The number of hydrogen-bond donors (Lipinski definition) is 1. The first-order valence-corrected chi connectivity index (χ1v) is 5.53. The van der Waals surface area contributed by atoms with Gasteiger partial charge in [-0.3, -0.25) is 4.79 Å². The van der Waals surface area contributed by atoms with Gasteiger partial charge < -0.3 is 10.0 Å². The van der Waals surface area contributed by atoms with Crippen molar-refractivity contribution in [1.82, 2.24) is 4.90 Å². The monoisotopic (exact) mass is 235 g/mol. The van der Waals surface area contributed by atoms with E-state index in [0.29, 0.717) is 13.0 Å². The number of rotatable bonds is 4. The fourth-order valence-electron chi connectivity index (χ4n) is 2.10. The van der Waals surface area contributed by atoms with Gasteiger partial charge in [-0.1, -0.05) is 0 Å². The molecule has 0 spiro atoms. The molecule has 5 heteroatoms. The Hall–Kier alpha value is -0.710. The number of carboxylic acids is 1. The topological polar surface area (TPSA) is 40.5 Å². The molecule has 1 fully saturated rings. The fourth-order valence-corrected chi connectivity index (χ4v) is 2.10. The Morgan fingerprint density at radius 3 is 2.12 bits per heavy atom. The van der Waals surface area contributed by atoms with Crippen molar-refractivity contribution in [3.63, 3.8) is 0 Å². The summed E-state index contributed by atoms with van der Waals surface area (Å²) in [6, 6.07) is 0. The summed E-state index contributed by atoms with van der Waals surface area (Å²) >= 11 is 0. The van der Waals surface area contributed by atoms with Gasteiger partial charge in [0.05, 0.1) is 5.41 Å². The van der Waals surface area contributed by atoms with Crippen LogP contribution in [-0.4, -0.2) is 42.5 Å². The minimum atomic E-state index is -2.67. The molecule has 0 aromatic heterocycles. The second kappa shape index (κ2) is 4.65. The molecule has 94 valence electrons. The average molecular weight is 235 g/mol. The second-order valence-electron chi connectivity index (χ2n) is 4.99. The van der Waals surface area contributed by atoms with Crippen molar-refractivity contribution in [2.24, 2.45) is 5.41 Å². The molecule has 1 aliphatic rings. The van der Waals surface area contributed by atoms with E-state index in [0.717, 1.165) is 0 Å². The molecule has 0 atom stereocenters. The fraction of sp³-hybridized carbons (Fsp3) is 0.909. The van der Waals surface area contributed by atoms with Crippen LogP contribution in [0.5, 0.6) is 0 Å². The highest BCUT2D eigenvalue weighted by Gasteiger charge is 2.47. The van der Waals surface area contributed by atoms with Gasteiger partial charge in [-0.15, -0.1) is 0 Å². The molecule has 16 heavy (non-hydrogen) atoms. The second-order valence-corrected chi connectivity index (χ2v) is 4.99. The van der Waals surface area contributed by atoms with Crippen molar-refractivity contribution >= 4 is 5.97 Å². The minimum Gasteiger partial charge on any atom is -0.481 e. The molecule has 0 saturated heterocycles. The molecule has 1 N–H and O–H groups in total. The lowest BCUT2D eigenvalue weighted by Gasteiger charge is -2.37. The predicted molar refractivity (Wildman–Crippen MR) is 56.7 cm³/mol.